The summed E-state index contributed by atoms with van der Waals surface area (Å²) >= 11 is 3.43. The summed E-state index contributed by atoms with van der Waals surface area (Å²) in [6.45, 7) is 1.95. The molecule has 4 rings (SSSR count). The number of nitrogens with one attached hydrogen (secondary N) is 1. The lowest BCUT2D eigenvalue weighted by Gasteiger charge is -2.17. The number of methoxy groups -OCH3 is 1. The fraction of sp³-hybridized carbons (Fsp3) is 0.273. The molecular weight excluding hydrogens is 434 g/mol. The average molecular weight is 456 g/mol. The molecule has 1 saturated heterocycles. The number of halogens is 1. The van der Waals surface area contributed by atoms with E-state index in [1.807, 2.05) is 54.7 Å². The van der Waals surface area contributed by atoms with Gasteiger partial charge in [-0.2, -0.15) is 0 Å². The van der Waals surface area contributed by atoms with Gasteiger partial charge in [-0.25, -0.2) is 0 Å². The van der Waals surface area contributed by atoms with Crippen molar-refractivity contribution in [1.82, 2.24) is 4.57 Å². The third-order valence-electron chi connectivity index (χ3n) is 5.22. The van der Waals surface area contributed by atoms with Gasteiger partial charge in [-0.05, 0) is 48.9 Å². The van der Waals surface area contributed by atoms with Crippen LogP contribution in [-0.4, -0.2) is 36.6 Å². The van der Waals surface area contributed by atoms with Crippen LogP contribution in [-0.2, 0) is 20.9 Å². The molecule has 0 saturated carbocycles. The van der Waals surface area contributed by atoms with Crippen LogP contribution in [0.4, 0.5) is 11.4 Å². The van der Waals surface area contributed by atoms with Gasteiger partial charge >= 0.3 is 0 Å². The number of hydrogen-bond donors (Lipinski definition) is 1. The van der Waals surface area contributed by atoms with E-state index in [-0.39, 0.29) is 11.8 Å². The second kappa shape index (κ2) is 8.39. The van der Waals surface area contributed by atoms with Gasteiger partial charge in [-0.15, -0.1) is 0 Å². The van der Waals surface area contributed by atoms with Crippen LogP contribution < -0.4 is 10.2 Å². The molecule has 1 aromatic heterocycles. The minimum Gasteiger partial charge on any atom is -0.383 e. The van der Waals surface area contributed by atoms with Crippen molar-refractivity contribution in [3.05, 3.63) is 59.2 Å². The summed E-state index contributed by atoms with van der Waals surface area (Å²) in [5.74, 6) is -1.09. The quantitative estimate of drug-likeness (QED) is 0.570. The highest BCUT2D eigenvalue weighted by molar-refractivity contribution is 9.10. The Bertz CT molecular complexity index is 1060. The van der Waals surface area contributed by atoms with Gasteiger partial charge in [-0.1, -0.05) is 22.0 Å². The molecule has 0 spiro atoms. The van der Waals surface area contributed by atoms with Gasteiger partial charge in [-0.3, -0.25) is 9.59 Å². The van der Waals surface area contributed by atoms with Crippen molar-refractivity contribution in [2.24, 2.45) is 5.92 Å². The Balaban J connectivity index is 1.46. The Morgan fingerprint density at radius 3 is 2.90 bits per heavy atom. The number of carbonyl (C=O) groups excluding carboxylic acids is 2. The Kier molecular flexibility index (Phi) is 5.69. The first-order valence-corrected chi connectivity index (χ1v) is 10.3. The van der Waals surface area contributed by atoms with Crippen LogP contribution in [0.1, 0.15) is 6.42 Å². The lowest BCUT2D eigenvalue weighted by molar-refractivity contribution is -0.129. The molecule has 150 valence electrons. The number of carbonyl (C=O) groups is 2. The molecule has 2 aromatic carbocycles. The van der Waals surface area contributed by atoms with Crippen molar-refractivity contribution in [3.8, 4) is 0 Å². The molecule has 1 N–H and O–H groups in total. The number of benzene rings is 2. The first-order chi connectivity index (χ1) is 14.1. The summed E-state index contributed by atoms with van der Waals surface area (Å²) in [6.07, 6.45) is 2.51. The molecule has 1 fully saturated rings. The number of ether oxygens (including phenoxy) is 1. The van der Waals surface area contributed by atoms with E-state index in [9.17, 15) is 9.59 Å². The molecule has 7 heteroatoms. The molecule has 2 heterocycles. The molecule has 3 aromatic rings. The standard InChI is InChI=1S/C22H22BrN3O3/c1-29-12-11-25-9-7-15-13-17(5-6-20(15)25)24-21(27)19-8-10-26(22(19)28)18-4-2-3-16(23)14-18/h2-7,9,13-14,19H,8,10-12H2,1H3,(H,24,27). The zero-order chi connectivity index (χ0) is 20.4. The third-order valence-corrected chi connectivity index (χ3v) is 5.71. The monoisotopic (exact) mass is 455 g/mol. The van der Waals surface area contributed by atoms with Crippen molar-refractivity contribution >= 4 is 50.0 Å². The van der Waals surface area contributed by atoms with Crippen molar-refractivity contribution in [2.75, 3.05) is 30.5 Å². The van der Waals surface area contributed by atoms with Crippen molar-refractivity contribution in [3.63, 3.8) is 0 Å². The molecule has 0 bridgehead atoms. The predicted octanol–water partition coefficient (Wildman–Crippen LogP) is 4.04. The second-order valence-electron chi connectivity index (χ2n) is 7.08. The summed E-state index contributed by atoms with van der Waals surface area (Å²) in [7, 11) is 1.68. The lowest BCUT2D eigenvalue weighted by atomic mass is 10.1. The maximum absolute atomic E-state index is 12.8. The van der Waals surface area contributed by atoms with Crippen LogP contribution in [0, 0.1) is 5.92 Å². The highest BCUT2D eigenvalue weighted by Crippen LogP contribution is 2.28. The zero-order valence-corrected chi connectivity index (χ0v) is 17.7. The van der Waals surface area contributed by atoms with Crippen LogP contribution >= 0.6 is 15.9 Å². The minimum atomic E-state index is -0.670. The number of fused-ring (bicyclic) bond motifs is 1. The van der Waals surface area contributed by atoms with Crippen molar-refractivity contribution in [1.29, 1.82) is 0 Å². The van der Waals surface area contributed by atoms with E-state index in [1.165, 1.54) is 0 Å². The van der Waals surface area contributed by atoms with Gasteiger partial charge in [0, 0.05) is 53.1 Å². The van der Waals surface area contributed by atoms with E-state index in [4.69, 9.17) is 4.74 Å². The number of nitrogens with zero attached hydrogens (tertiary/aromatic N) is 2. The summed E-state index contributed by atoms with van der Waals surface area (Å²) in [5, 5.41) is 3.95. The zero-order valence-electron chi connectivity index (χ0n) is 16.1. The molecule has 2 amide bonds. The molecule has 1 aliphatic rings. The average Bonchev–Trinajstić information content (AvgIpc) is 3.29. The van der Waals surface area contributed by atoms with Crippen LogP contribution in [0.2, 0.25) is 0 Å². The number of anilines is 2. The first-order valence-electron chi connectivity index (χ1n) is 9.52. The topological polar surface area (TPSA) is 63.6 Å². The molecule has 0 radical (unpaired) electrons. The van der Waals surface area contributed by atoms with E-state index < -0.39 is 5.92 Å². The van der Waals surface area contributed by atoms with Crippen molar-refractivity contribution in [2.45, 2.75) is 13.0 Å². The fourth-order valence-electron chi connectivity index (χ4n) is 3.72. The largest absolute Gasteiger partial charge is 0.383 e. The van der Waals surface area contributed by atoms with E-state index in [0.717, 1.165) is 27.6 Å². The van der Waals surface area contributed by atoms with Gasteiger partial charge in [0.2, 0.25) is 11.8 Å². The van der Waals surface area contributed by atoms with Crippen LogP contribution in [0.3, 0.4) is 0 Å². The SMILES string of the molecule is COCCn1ccc2cc(NC(=O)C3CCN(c4cccc(Br)c4)C3=O)ccc21. The Morgan fingerprint density at radius 1 is 1.24 bits per heavy atom. The number of hydrogen-bond acceptors (Lipinski definition) is 3. The lowest BCUT2D eigenvalue weighted by Crippen LogP contribution is -2.33. The molecule has 6 nitrogen and oxygen atoms in total. The number of amides is 2. The highest BCUT2D eigenvalue weighted by Gasteiger charge is 2.37. The van der Waals surface area contributed by atoms with Crippen LogP contribution in [0.5, 0.6) is 0 Å². The normalized spacial score (nSPS) is 16.6. The number of aromatic nitrogens is 1. The molecule has 29 heavy (non-hydrogen) atoms. The molecule has 0 aliphatic carbocycles. The molecule has 1 aliphatic heterocycles. The van der Waals surface area contributed by atoms with E-state index in [2.05, 4.69) is 25.8 Å². The van der Waals surface area contributed by atoms with Gasteiger partial charge in [0.15, 0.2) is 0 Å². The number of rotatable bonds is 6. The van der Waals surface area contributed by atoms with Gasteiger partial charge in [0.05, 0.1) is 6.61 Å². The first kappa shape index (κ1) is 19.7. The summed E-state index contributed by atoms with van der Waals surface area (Å²) in [5.41, 5.74) is 2.58. The molecular formula is C22H22BrN3O3. The van der Waals surface area contributed by atoms with Crippen molar-refractivity contribution < 1.29 is 14.3 Å². The maximum atomic E-state index is 12.8. The van der Waals surface area contributed by atoms with E-state index in [0.29, 0.717) is 25.3 Å². The highest BCUT2D eigenvalue weighted by atomic mass is 79.9. The smallest absolute Gasteiger partial charge is 0.239 e. The van der Waals surface area contributed by atoms with Gasteiger partial charge in [0.25, 0.3) is 0 Å². The van der Waals surface area contributed by atoms with Gasteiger partial charge < -0.3 is 19.5 Å². The Hall–Kier alpha value is -2.64. The predicted molar refractivity (Wildman–Crippen MR) is 117 cm³/mol. The molecule has 1 atom stereocenters. The van der Waals surface area contributed by atoms with Crippen LogP contribution in [0.15, 0.2) is 59.2 Å². The second-order valence-corrected chi connectivity index (χ2v) is 7.99. The Labute approximate surface area is 177 Å². The summed E-state index contributed by atoms with van der Waals surface area (Å²) < 4.78 is 8.15. The van der Waals surface area contributed by atoms with Crippen LogP contribution in [0.25, 0.3) is 10.9 Å². The summed E-state index contributed by atoms with van der Waals surface area (Å²) in [4.78, 5) is 27.2. The molecule has 1 unspecified atom stereocenters. The maximum Gasteiger partial charge on any atom is 0.239 e. The third kappa shape index (κ3) is 4.06. The van der Waals surface area contributed by atoms with E-state index >= 15 is 0 Å². The Morgan fingerprint density at radius 2 is 2.10 bits per heavy atom. The van der Waals surface area contributed by atoms with E-state index in [1.54, 1.807) is 12.0 Å². The minimum absolute atomic E-state index is 0.160. The summed E-state index contributed by atoms with van der Waals surface area (Å²) in [6, 6.07) is 15.4. The fourth-order valence-corrected chi connectivity index (χ4v) is 4.10. The van der Waals surface area contributed by atoms with Gasteiger partial charge in [0.1, 0.15) is 5.92 Å².